The largest absolute Gasteiger partial charge is 0.487 e. The molecule has 3 aromatic rings. The summed E-state index contributed by atoms with van der Waals surface area (Å²) in [5, 5.41) is 12.3. The first-order valence-electron chi connectivity index (χ1n) is 9.16. The second-order valence-electron chi connectivity index (χ2n) is 6.42. The first-order valence-corrected chi connectivity index (χ1v) is 10.7. The highest BCUT2D eigenvalue weighted by atomic mass is 79.9. The predicted molar refractivity (Wildman–Crippen MR) is 124 cm³/mol. The van der Waals surface area contributed by atoms with Crippen molar-refractivity contribution >= 4 is 43.8 Å². The van der Waals surface area contributed by atoms with Crippen LogP contribution in [-0.4, -0.2) is 5.91 Å². The smallest absolute Gasteiger partial charge is 0.262 e. The van der Waals surface area contributed by atoms with E-state index < -0.39 is 5.91 Å². The quantitative estimate of drug-likeness (QED) is 0.303. The van der Waals surface area contributed by atoms with Crippen LogP contribution in [0, 0.1) is 11.3 Å². The fourth-order valence-electron chi connectivity index (χ4n) is 2.75. The van der Waals surface area contributed by atoms with Crippen molar-refractivity contribution in [2.75, 3.05) is 0 Å². The maximum atomic E-state index is 12.5. The minimum Gasteiger partial charge on any atom is -0.487 e. The molecule has 0 fully saturated rings. The molecule has 4 nitrogen and oxygen atoms in total. The molecule has 3 rings (SSSR count). The molecule has 0 aromatic heterocycles. The van der Waals surface area contributed by atoms with Gasteiger partial charge >= 0.3 is 0 Å². The summed E-state index contributed by atoms with van der Waals surface area (Å²) in [6, 6.07) is 25.0. The number of nitrogens with one attached hydrogen (secondary N) is 1. The molecule has 0 spiro atoms. The highest BCUT2D eigenvalue weighted by Gasteiger charge is 2.14. The van der Waals surface area contributed by atoms with Crippen molar-refractivity contribution in [3.63, 3.8) is 0 Å². The van der Waals surface area contributed by atoms with Gasteiger partial charge in [0, 0.05) is 16.6 Å². The summed E-state index contributed by atoms with van der Waals surface area (Å²) in [6.07, 6.45) is 1.54. The van der Waals surface area contributed by atoms with Gasteiger partial charge in [0.25, 0.3) is 5.91 Å². The van der Waals surface area contributed by atoms with Gasteiger partial charge in [-0.15, -0.1) is 0 Å². The van der Waals surface area contributed by atoms with Crippen LogP contribution in [0.4, 0.5) is 0 Å². The Hall–Kier alpha value is -2.88. The molecular weight excluding hydrogens is 508 g/mol. The van der Waals surface area contributed by atoms with Crippen LogP contribution in [0.1, 0.15) is 16.7 Å². The van der Waals surface area contributed by atoms with E-state index in [0.717, 1.165) is 20.1 Å². The number of nitrogens with zero attached hydrogens (tertiary/aromatic N) is 1. The average Bonchev–Trinajstić information content (AvgIpc) is 2.76. The third kappa shape index (κ3) is 6.06. The molecule has 30 heavy (non-hydrogen) atoms. The molecule has 0 aliphatic heterocycles. The zero-order chi connectivity index (χ0) is 21.3. The van der Waals surface area contributed by atoms with E-state index in [4.69, 9.17) is 4.74 Å². The molecule has 150 valence electrons. The molecule has 0 radical (unpaired) electrons. The van der Waals surface area contributed by atoms with Crippen LogP contribution < -0.4 is 10.1 Å². The first-order chi connectivity index (χ1) is 14.6. The van der Waals surface area contributed by atoms with Gasteiger partial charge in [0.05, 0.1) is 4.47 Å². The van der Waals surface area contributed by atoms with E-state index in [1.807, 2.05) is 78.9 Å². The Morgan fingerprint density at radius 1 is 1.00 bits per heavy atom. The summed E-state index contributed by atoms with van der Waals surface area (Å²) in [5.74, 6) is 0.122. The Kier molecular flexibility index (Phi) is 7.83. The molecule has 0 saturated carbocycles. The van der Waals surface area contributed by atoms with Crippen molar-refractivity contribution in [2.45, 2.75) is 13.2 Å². The number of rotatable bonds is 7. The summed E-state index contributed by atoms with van der Waals surface area (Å²) in [4.78, 5) is 12.5. The topological polar surface area (TPSA) is 62.1 Å². The van der Waals surface area contributed by atoms with Crippen LogP contribution in [-0.2, 0) is 17.9 Å². The van der Waals surface area contributed by atoms with Crippen molar-refractivity contribution in [3.05, 3.63) is 104 Å². The van der Waals surface area contributed by atoms with E-state index in [2.05, 4.69) is 37.2 Å². The molecule has 0 bridgehead atoms. The van der Waals surface area contributed by atoms with Gasteiger partial charge in [-0.1, -0.05) is 76.6 Å². The second-order valence-corrected chi connectivity index (χ2v) is 8.19. The molecule has 3 aromatic carbocycles. The lowest BCUT2D eigenvalue weighted by atomic mass is 10.1. The van der Waals surface area contributed by atoms with Gasteiger partial charge in [-0.25, -0.2) is 0 Å². The maximum absolute atomic E-state index is 12.5. The van der Waals surface area contributed by atoms with Crippen LogP contribution in [0.2, 0.25) is 0 Å². The van der Waals surface area contributed by atoms with Crippen molar-refractivity contribution in [2.24, 2.45) is 0 Å². The molecule has 1 amide bonds. The summed E-state index contributed by atoms with van der Waals surface area (Å²) < 4.78 is 7.53. The lowest BCUT2D eigenvalue weighted by molar-refractivity contribution is -0.117. The number of hydrogen-bond donors (Lipinski definition) is 1. The zero-order valence-corrected chi connectivity index (χ0v) is 19.1. The van der Waals surface area contributed by atoms with Crippen LogP contribution >= 0.6 is 31.9 Å². The number of hydrogen-bond acceptors (Lipinski definition) is 3. The summed E-state index contributed by atoms with van der Waals surface area (Å²) in [7, 11) is 0. The monoisotopic (exact) mass is 524 g/mol. The fourth-order valence-corrected chi connectivity index (χ4v) is 4.12. The Morgan fingerprint density at radius 3 is 2.27 bits per heavy atom. The molecule has 0 aliphatic carbocycles. The maximum Gasteiger partial charge on any atom is 0.262 e. The van der Waals surface area contributed by atoms with Crippen LogP contribution in [0.5, 0.6) is 5.75 Å². The Balaban J connectivity index is 1.82. The third-order valence-corrected chi connectivity index (χ3v) is 5.27. The van der Waals surface area contributed by atoms with Gasteiger partial charge in [-0.05, 0) is 45.3 Å². The minimum absolute atomic E-state index is 0.000456. The van der Waals surface area contributed by atoms with Crippen LogP contribution in [0.3, 0.4) is 0 Å². The number of ether oxygens (including phenoxy) is 1. The Labute approximate surface area is 192 Å². The van der Waals surface area contributed by atoms with E-state index in [0.29, 0.717) is 24.5 Å². The van der Waals surface area contributed by atoms with Crippen molar-refractivity contribution < 1.29 is 9.53 Å². The van der Waals surface area contributed by atoms with Gasteiger partial charge in [0.1, 0.15) is 24.0 Å². The van der Waals surface area contributed by atoms with E-state index in [1.54, 1.807) is 0 Å². The molecule has 0 saturated heterocycles. The molecule has 0 atom stereocenters. The molecule has 0 heterocycles. The van der Waals surface area contributed by atoms with Gasteiger partial charge in [-0.3, -0.25) is 4.79 Å². The number of nitriles is 1. The van der Waals surface area contributed by atoms with Gasteiger partial charge in [0.2, 0.25) is 0 Å². The fraction of sp³-hybridized carbons (Fsp3) is 0.0833. The van der Waals surface area contributed by atoms with E-state index in [1.165, 1.54) is 6.08 Å². The van der Waals surface area contributed by atoms with Gasteiger partial charge in [-0.2, -0.15) is 5.26 Å². The molecule has 6 heteroatoms. The van der Waals surface area contributed by atoms with Gasteiger partial charge in [0.15, 0.2) is 0 Å². The average molecular weight is 526 g/mol. The predicted octanol–water partition coefficient (Wildman–Crippen LogP) is 6.01. The van der Waals surface area contributed by atoms with Gasteiger partial charge < -0.3 is 10.1 Å². The van der Waals surface area contributed by atoms with E-state index in [9.17, 15) is 10.1 Å². The lowest BCUT2D eigenvalue weighted by Gasteiger charge is -2.13. The normalized spacial score (nSPS) is 10.9. The summed E-state index contributed by atoms with van der Waals surface area (Å²) >= 11 is 6.97. The van der Waals surface area contributed by atoms with Crippen LogP contribution in [0.25, 0.3) is 6.08 Å². The summed E-state index contributed by atoms with van der Waals surface area (Å²) in [6.45, 7) is 0.711. The number of carbonyl (C=O) groups excluding carboxylic acids is 1. The highest BCUT2D eigenvalue weighted by Crippen LogP contribution is 2.35. The zero-order valence-electron chi connectivity index (χ0n) is 15.9. The standard InChI is InChI=1S/C24H18Br2N2O2/c25-21-12-19(23(22(26)13-21)30-16-18-9-5-2-6-10-18)11-20(14-27)24(29)28-15-17-7-3-1-4-8-17/h1-13H,15-16H2,(H,28,29)/b20-11+. The highest BCUT2D eigenvalue weighted by molar-refractivity contribution is 9.11. The van der Waals surface area contributed by atoms with Crippen LogP contribution in [0.15, 0.2) is 87.3 Å². The lowest BCUT2D eigenvalue weighted by Crippen LogP contribution is -2.23. The van der Waals surface area contributed by atoms with E-state index >= 15 is 0 Å². The third-order valence-electron chi connectivity index (χ3n) is 4.22. The molecular formula is C24H18Br2N2O2. The second kappa shape index (κ2) is 10.8. The SMILES string of the molecule is N#C/C(=C\c1cc(Br)cc(Br)c1OCc1ccccc1)C(=O)NCc1ccccc1. The number of carbonyl (C=O) groups is 1. The van der Waals surface area contributed by atoms with Crippen molar-refractivity contribution in [1.29, 1.82) is 5.26 Å². The number of benzene rings is 3. The Morgan fingerprint density at radius 2 is 1.63 bits per heavy atom. The molecule has 0 aliphatic rings. The Bertz CT molecular complexity index is 1090. The molecule has 1 N–H and O–H groups in total. The summed E-state index contributed by atoms with van der Waals surface area (Å²) in [5.41, 5.74) is 2.60. The van der Waals surface area contributed by atoms with Crippen molar-refractivity contribution in [3.8, 4) is 11.8 Å². The van der Waals surface area contributed by atoms with E-state index in [-0.39, 0.29) is 5.57 Å². The molecule has 0 unspecified atom stereocenters. The minimum atomic E-state index is -0.438. The number of halogens is 2. The number of amides is 1. The first kappa shape index (κ1) is 21.8. The van der Waals surface area contributed by atoms with Crippen molar-refractivity contribution in [1.82, 2.24) is 5.32 Å².